The Hall–Kier alpha value is -1.22. The minimum atomic E-state index is -0.805. The molecule has 0 bridgehead atoms. The number of para-hydroxylation sites is 1. The van der Waals surface area contributed by atoms with E-state index in [1.165, 1.54) is 10.7 Å². The second-order valence-electron chi connectivity index (χ2n) is 6.70. The molecule has 2 rings (SSSR count). The smallest absolute Gasteiger partial charge is 0.101 e. The summed E-state index contributed by atoms with van der Waals surface area (Å²) < 4.78 is 2.10. The lowest BCUT2D eigenvalue weighted by Crippen LogP contribution is -2.17. The monoisotopic (exact) mass is 276 g/mol. The summed E-state index contributed by atoms with van der Waals surface area (Å²) in [5.41, 5.74) is 2.50. The van der Waals surface area contributed by atoms with Crippen molar-refractivity contribution >= 4 is 10.0 Å². The van der Waals surface area contributed by atoms with Gasteiger partial charge in [0.1, 0.15) is 5.03 Å². The van der Waals surface area contributed by atoms with Crippen LogP contribution in [0.25, 0.3) is 5.69 Å². The largest absolute Gasteiger partial charge is 0.236 e. The van der Waals surface area contributed by atoms with E-state index in [2.05, 4.69) is 74.6 Å². The van der Waals surface area contributed by atoms with Crippen LogP contribution in [0.5, 0.6) is 0 Å². The first-order chi connectivity index (χ1) is 8.69. The van der Waals surface area contributed by atoms with Crippen LogP contribution in [0.2, 0.25) is 0 Å². The average Bonchev–Trinajstić information content (AvgIpc) is 2.74. The molecule has 0 radical (unpaired) electrons. The zero-order chi connectivity index (χ0) is 14.3. The quantitative estimate of drug-likeness (QED) is 0.803. The molecule has 0 spiro atoms. The molecule has 1 aromatic heterocycles. The molecule has 0 fully saturated rings. The lowest BCUT2D eigenvalue weighted by molar-refractivity contribution is 0.543. The molecule has 3 heteroatoms. The van der Waals surface area contributed by atoms with Gasteiger partial charge in [0, 0.05) is 5.41 Å². The van der Waals surface area contributed by atoms with Gasteiger partial charge in [-0.3, -0.25) is 0 Å². The summed E-state index contributed by atoms with van der Waals surface area (Å²) in [5, 5.41) is 6.10. The van der Waals surface area contributed by atoms with Gasteiger partial charge in [0.25, 0.3) is 0 Å². The van der Waals surface area contributed by atoms with Crippen LogP contribution in [0.3, 0.4) is 0 Å². The van der Waals surface area contributed by atoms with Crippen molar-refractivity contribution in [3.05, 3.63) is 42.1 Å². The van der Waals surface area contributed by atoms with Crippen molar-refractivity contribution in [1.29, 1.82) is 0 Å². The molecule has 0 saturated heterocycles. The maximum absolute atomic E-state index is 4.87. The van der Waals surface area contributed by atoms with Crippen LogP contribution < -0.4 is 0 Å². The van der Waals surface area contributed by atoms with Gasteiger partial charge in [-0.2, -0.15) is 5.10 Å². The van der Waals surface area contributed by atoms with Gasteiger partial charge in [-0.05, 0) is 37.0 Å². The Morgan fingerprint density at radius 2 is 1.58 bits per heavy atom. The lowest BCUT2D eigenvalue weighted by atomic mass is 9.92. The molecule has 104 valence electrons. The van der Waals surface area contributed by atoms with Gasteiger partial charge >= 0.3 is 0 Å². The fourth-order valence-corrected chi connectivity index (χ4v) is 2.75. The Bertz CT molecular complexity index is 557. The molecule has 0 atom stereocenters. The lowest BCUT2D eigenvalue weighted by Gasteiger charge is -2.21. The normalized spacial score (nSPS) is 13.6. The van der Waals surface area contributed by atoms with E-state index < -0.39 is 10.0 Å². The van der Waals surface area contributed by atoms with Crippen molar-refractivity contribution < 1.29 is 0 Å². The molecule has 0 aliphatic rings. The highest BCUT2D eigenvalue weighted by Crippen LogP contribution is 2.45. The predicted molar refractivity (Wildman–Crippen MR) is 85.9 cm³/mol. The van der Waals surface area contributed by atoms with Crippen LogP contribution >= 0.6 is 10.0 Å². The van der Waals surface area contributed by atoms with Gasteiger partial charge in [-0.25, -0.2) is 14.7 Å². The number of hydrogen-bond donors (Lipinski definition) is 0. The molecule has 0 amide bonds. The predicted octanol–water partition coefficient (Wildman–Crippen LogP) is 4.22. The minimum absolute atomic E-state index is 0.0891. The number of rotatable bonds is 2. The van der Waals surface area contributed by atoms with Crippen LogP contribution in [0, 0.1) is 0 Å². The Kier molecular flexibility index (Phi) is 3.52. The summed E-state index contributed by atoms with van der Waals surface area (Å²) >= 11 is 0. The van der Waals surface area contributed by atoms with Gasteiger partial charge in [0.2, 0.25) is 0 Å². The summed E-state index contributed by atoms with van der Waals surface area (Å²) in [6.45, 7) is 6.72. The first kappa shape index (κ1) is 14.2. The van der Waals surface area contributed by atoms with Crippen molar-refractivity contribution in [2.45, 2.75) is 31.2 Å². The second kappa shape index (κ2) is 4.71. The molecular formula is C16H24N2S. The zero-order valence-corrected chi connectivity index (χ0v) is 13.6. The molecule has 1 heterocycles. The van der Waals surface area contributed by atoms with Crippen molar-refractivity contribution in [1.82, 2.24) is 9.78 Å². The van der Waals surface area contributed by atoms with Crippen LogP contribution in [0.4, 0.5) is 0 Å². The summed E-state index contributed by atoms with van der Waals surface area (Å²) in [4.78, 5) is 0. The fraction of sp³-hybridized carbons (Fsp3) is 0.438. The van der Waals surface area contributed by atoms with Gasteiger partial charge in [0.15, 0.2) is 0 Å². The Morgan fingerprint density at radius 1 is 1.00 bits per heavy atom. The second-order valence-corrected chi connectivity index (χ2v) is 10.8. The SMILES string of the molecule is CC(C)(C)c1cc(S(C)(C)C)nn1-c1ccccc1. The van der Waals surface area contributed by atoms with E-state index >= 15 is 0 Å². The first-order valence-electron chi connectivity index (χ1n) is 6.54. The van der Waals surface area contributed by atoms with Crippen molar-refractivity contribution in [2.24, 2.45) is 0 Å². The van der Waals surface area contributed by atoms with Crippen LogP contribution in [0.15, 0.2) is 41.4 Å². The van der Waals surface area contributed by atoms with Gasteiger partial charge in [0.05, 0.1) is 11.4 Å². The van der Waals surface area contributed by atoms with E-state index in [9.17, 15) is 0 Å². The molecule has 2 aromatic rings. The standard InChI is InChI=1S/C16H24N2S/c1-16(2,3)14-12-15(19(4,5)6)17-18(14)13-10-8-7-9-11-13/h7-12H,1-6H3. The number of hydrogen-bond acceptors (Lipinski definition) is 1. The maximum atomic E-state index is 4.87. The highest BCUT2D eigenvalue weighted by atomic mass is 32.3. The zero-order valence-electron chi connectivity index (χ0n) is 12.8. The third kappa shape index (κ3) is 3.03. The molecule has 2 nitrogen and oxygen atoms in total. The van der Waals surface area contributed by atoms with Gasteiger partial charge in [-0.15, -0.1) is 0 Å². The third-order valence-corrected chi connectivity index (χ3v) is 4.54. The fourth-order valence-electron chi connectivity index (χ4n) is 1.96. The van der Waals surface area contributed by atoms with Crippen molar-refractivity contribution in [3.8, 4) is 5.69 Å². The number of nitrogens with zero attached hydrogens (tertiary/aromatic N) is 2. The topological polar surface area (TPSA) is 17.8 Å². The van der Waals surface area contributed by atoms with E-state index in [0.717, 1.165) is 5.69 Å². The molecule has 0 aliphatic carbocycles. The van der Waals surface area contributed by atoms with Crippen molar-refractivity contribution in [3.63, 3.8) is 0 Å². The van der Waals surface area contributed by atoms with E-state index in [4.69, 9.17) is 5.10 Å². The Morgan fingerprint density at radius 3 is 2.05 bits per heavy atom. The van der Waals surface area contributed by atoms with Crippen LogP contribution in [0.1, 0.15) is 26.5 Å². The van der Waals surface area contributed by atoms with Crippen molar-refractivity contribution in [2.75, 3.05) is 18.8 Å². The maximum Gasteiger partial charge on any atom is 0.101 e. The molecule has 0 aliphatic heterocycles. The molecule has 1 aromatic carbocycles. The minimum Gasteiger partial charge on any atom is -0.236 e. The van der Waals surface area contributed by atoms with E-state index in [1.807, 2.05) is 6.07 Å². The first-order valence-corrected chi connectivity index (χ1v) is 9.40. The summed E-state index contributed by atoms with van der Waals surface area (Å²) in [7, 11) is -0.805. The summed E-state index contributed by atoms with van der Waals surface area (Å²) in [6.07, 6.45) is 6.87. The molecule has 19 heavy (non-hydrogen) atoms. The Balaban J connectivity index is 2.63. The van der Waals surface area contributed by atoms with E-state index in [1.54, 1.807) is 0 Å². The molecule has 0 saturated carbocycles. The average molecular weight is 276 g/mol. The van der Waals surface area contributed by atoms with Crippen LogP contribution in [-0.4, -0.2) is 28.5 Å². The molecular weight excluding hydrogens is 252 g/mol. The molecule has 0 N–H and O–H groups in total. The highest BCUT2D eigenvalue weighted by Gasteiger charge is 2.24. The number of aromatic nitrogens is 2. The summed E-state index contributed by atoms with van der Waals surface area (Å²) in [5.74, 6) is 0. The van der Waals surface area contributed by atoms with Crippen LogP contribution in [-0.2, 0) is 5.41 Å². The highest BCUT2D eigenvalue weighted by molar-refractivity contribution is 8.32. The van der Waals surface area contributed by atoms with Gasteiger partial charge in [-0.1, -0.05) is 39.0 Å². The summed E-state index contributed by atoms with van der Waals surface area (Å²) in [6, 6.07) is 12.7. The van der Waals surface area contributed by atoms with E-state index in [0.29, 0.717) is 0 Å². The van der Waals surface area contributed by atoms with Gasteiger partial charge < -0.3 is 0 Å². The van der Waals surface area contributed by atoms with E-state index in [-0.39, 0.29) is 5.41 Å². The third-order valence-electron chi connectivity index (χ3n) is 3.08. The molecule has 0 unspecified atom stereocenters. The number of benzene rings is 1. The Labute approximate surface area is 118 Å².